The average molecular weight is 290 g/mol. The van der Waals surface area contributed by atoms with Gasteiger partial charge in [-0.15, -0.1) is 0 Å². The lowest BCUT2D eigenvalue weighted by Crippen LogP contribution is -2.33. The van der Waals surface area contributed by atoms with Crippen LogP contribution in [0, 0.1) is 11.7 Å². The summed E-state index contributed by atoms with van der Waals surface area (Å²) in [5, 5.41) is 0. The summed E-state index contributed by atoms with van der Waals surface area (Å²) >= 11 is 3.15. The van der Waals surface area contributed by atoms with Crippen molar-refractivity contribution < 1.29 is 9.13 Å². The Morgan fingerprint density at radius 3 is 2.50 bits per heavy atom. The Hall–Kier alpha value is -0.450. The number of hydrogen-bond donors (Lipinski definition) is 1. The summed E-state index contributed by atoms with van der Waals surface area (Å²) in [6.45, 7) is 4.01. The van der Waals surface area contributed by atoms with E-state index in [4.69, 9.17) is 10.5 Å². The second kappa shape index (κ2) is 5.75. The molecule has 0 spiro atoms. The van der Waals surface area contributed by atoms with Crippen LogP contribution in [0.3, 0.4) is 0 Å². The molecule has 2 unspecified atom stereocenters. The van der Waals surface area contributed by atoms with Gasteiger partial charge in [0.25, 0.3) is 0 Å². The molecule has 0 saturated carbocycles. The molecular weight excluding hydrogens is 273 g/mol. The molecule has 1 aromatic carbocycles. The van der Waals surface area contributed by atoms with Gasteiger partial charge in [0.2, 0.25) is 0 Å². The highest BCUT2D eigenvalue weighted by Gasteiger charge is 2.25. The minimum atomic E-state index is -0.456. The maximum atomic E-state index is 13.8. The second-order valence-corrected chi connectivity index (χ2v) is 4.97. The van der Waals surface area contributed by atoms with Crippen LogP contribution >= 0.6 is 15.9 Å². The molecule has 16 heavy (non-hydrogen) atoms. The minimum absolute atomic E-state index is 0.191. The van der Waals surface area contributed by atoms with Crippen LogP contribution in [0.2, 0.25) is 0 Å². The van der Waals surface area contributed by atoms with E-state index in [0.717, 1.165) is 0 Å². The summed E-state index contributed by atoms with van der Waals surface area (Å²) in [4.78, 5) is 0. The molecule has 0 aliphatic carbocycles. The van der Waals surface area contributed by atoms with Crippen molar-refractivity contribution in [2.45, 2.75) is 26.0 Å². The molecule has 0 aliphatic rings. The zero-order valence-corrected chi connectivity index (χ0v) is 11.3. The SMILES string of the molecule is COC(C(C)C)C(N)c1cccc(Br)c1F. The van der Waals surface area contributed by atoms with Gasteiger partial charge in [-0.05, 0) is 27.9 Å². The van der Waals surface area contributed by atoms with Gasteiger partial charge in [-0.25, -0.2) is 4.39 Å². The van der Waals surface area contributed by atoms with E-state index in [1.165, 1.54) is 0 Å². The fourth-order valence-electron chi connectivity index (χ4n) is 1.79. The number of methoxy groups -OCH3 is 1. The monoisotopic (exact) mass is 289 g/mol. The molecule has 90 valence electrons. The average Bonchev–Trinajstić information content (AvgIpc) is 2.22. The third kappa shape index (κ3) is 2.81. The van der Waals surface area contributed by atoms with E-state index >= 15 is 0 Å². The molecule has 0 heterocycles. The van der Waals surface area contributed by atoms with Crippen LogP contribution in [-0.2, 0) is 4.74 Å². The van der Waals surface area contributed by atoms with Gasteiger partial charge < -0.3 is 10.5 Å². The first-order valence-corrected chi connectivity index (χ1v) is 6.00. The Morgan fingerprint density at radius 2 is 2.00 bits per heavy atom. The van der Waals surface area contributed by atoms with Crippen molar-refractivity contribution >= 4 is 15.9 Å². The fraction of sp³-hybridized carbons (Fsp3) is 0.500. The molecule has 0 aliphatic heterocycles. The number of rotatable bonds is 4. The topological polar surface area (TPSA) is 35.2 Å². The Morgan fingerprint density at radius 1 is 1.38 bits per heavy atom. The minimum Gasteiger partial charge on any atom is -0.379 e. The number of halogens is 2. The van der Waals surface area contributed by atoms with Gasteiger partial charge in [-0.2, -0.15) is 0 Å². The lowest BCUT2D eigenvalue weighted by Gasteiger charge is -2.26. The smallest absolute Gasteiger partial charge is 0.142 e. The largest absolute Gasteiger partial charge is 0.379 e. The standard InChI is InChI=1S/C12H17BrFNO/c1-7(2)12(16-3)11(15)8-5-4-6-9(13)10(8)14/h4-7,11-12H,15H2,1-3H3. The van der Waals surface area contributed by atoms with Crippen molar-refractivity contribution in [2.75, 3.05) is 7.11 Å². The zero-order valence-electron chi connectivity index (χ0n) is 9.71. The molecule has 2 nitrogen and oxygen atoms in total. The van der Waals surface area contributed by atoms with E-state index < -0.39 is 6.04 Å². The van der Waals surface area contributed by atoms with E-state index in [1.807, 2.05) is 13.8 Å². The molecule has 0 aromatic heterocycles. The van der Waals surface area contributed by atoms with E-state index in [2.05, 4.69) is 15.9 Å². The van der Waals surface area contributed by atoms with Crippen molar-refractivity contribution in [1.82, 2.24) is 0 Å². The van der Waals surface area contributed by atoms with Crippen molar-refractivity contribution in [1.29, 1.82) is 0 Å². The third-order valence-electron chi connectivity index (χ3n) is 2.62. The van der Waals surface area contributed by atoms with Gasteiger partial charge in [-0.1, -0.05) is 26.0 Å². The summed E-state index contributed by atoms with van der Waals surface area (Å²) in [5.74, 6) is -0.0731. The summed E-state index contributed by atoms with van der Waals surface area (Å²) in [5.41, 5.74) is 6.52. The van der Waals surface area contributed by atoms with Crippen LogP contribution < -0.4 is 5.73 Å². The van der Waals surface area contributed by atoms with Crippen LogP contribution in [0.5, 0.6) is 0 Å². The van der Waals surface area contributed by atoms with Gasteiger partial charge in [0.1, 0.15) is 5.82 Å². The molecule has 0 fully saturated rings. The predicted molar refractivity (Wildman–Crippen MR) is 66.7 cm³/mol. The van der Waals surface area contributed by atoms with E-state index in [1.54, 1.807) is 25.3 Å². The highest BCUT2D eigenvalue weighted by atomic mass is 79.9. The van der Waals surface area contributed by atoms with Gasteiger partial charge in [0, 0.05) is 12.7 Å². The summed E-state index contributed by atoms with van der Waals surface area (Å²) in [6, 6.07) is 4.67. The van der Waals surface area contributed by atoms with Crippen LogP contribution in [0.15, 0.2) is 22.7 Å². The van der Waals surface area contributed by atoms with Crippen molar-refractivity contribution in [3.8, 4) is 0 Å². The number of nitrogens with two attached hydrogens (primary N) is 1. The molecule has 0 saturated heterocycles. The first-order valence-electron chi connectivity index (χ1n) is 5.21. The summed E-state index contributed by atoms with van der Waals surface area (Å²) in [7, 11) is 1.60. The fourth-order valence-corrected chi connectivity index (χ4v) is 2.17. The molecule has 0 bridgehead atoms. The third-order valence-corrected chi connectivity index (χ3v) is 3.24. The van der Waals surface area contributed by atoms with Crippen LogP contribution in [0.1, 0.15) is 25.5 Å². The Kier molecular flexibility index (Phi) is 4.89. The number of hydrogen-bond acceptors (Lipinski definition) is 2. The Bertz CT molecular complexity index is 357. The quantitative estimate of drug-likeness (QED) is 0.923. The highest BCUT2D eigenvalue weighted by molar-refractivity contribution is 9.10. The van der Waals surface area contributed by atoms with E-state index in [9.17, 15) is 4.39 Å². The van der Waals surface area contributed by atoms with Crippen LogP contribution in [0.25, 0.3) is 0 Å². The van der Waals surface area contributed by atoms with Gasteiger partial charge in [-0.3, -0.25) is 0 Å². The predicted octanol–water partition coefficient (Wildman–Crippen LogP) is 3.26. The van der Waals surface area contributed by atoms with Crippen molar-refractivity contribution in [3.63, 3.8) is 0 Å². The van der Waals surface area contributed by atoms with E-state index in [0.29, 0.717) is 10.0 Å². The maximum absolute atomic E-state index is 13.8. The molecule has 0 amide bonds. The summed E-state index contributed by atoms with van der Waals surface area (Å²) in [6.07, 6.45) is -0.191. The second-order valence-electron chi connectivity index (χ2n) is 4.11. The van der Waals surface area contributed by atoms with Gasteiger partial charge in [0.15, 0.2) is 0 Å². The van der Waals surface area contributed by atoms with Crippen LogP contribution in [0.4, 0.5) is 4.39 Å². The molecular formula is C12H17BrFNO. The lowest BCUT2D eigenvalue weighted by molar-refractivity contribution is 0.0428. The molecule has 1 aromatic rings. The van der Waals surface area contributed by atoms with Gasteiger partial charge >= 0.3 is 0 Å². The lowest BCUT2D eigenvalue weighted by atomic mass is 9.94. The maximum Gasteiger partial charge on any atom is 0.142 e. The molecule has 2 atom stereocenters. The first kappa shape index (κ1) is 13.6. The van der Waals surface area contributed by atoms with E-state index in [-0.39, 0.29) is 17.8 Å². The zero-order chi connectivity index (χ0) is 12.3. The van der Waals surface area contributed by atoms with Crippen molar-refractivity contribution in [2.24, 2.45) is 11.7 Å². The van der Waals surface area contributed by atoms with Gasteiger partial charge in [0.05, 0.1) is 16.6 Å². The number of benzene rings is 1. The molecule has 1 rings (SSSR count). The van der Waals surface area contributed by atoms with Crippen molar-refractivity contribution in [3.05, 3.63) is 34.1 Å². The first-order chi connectivity index (χ1) is 7.49. The molecule has 0 radical (unpaired) electrons. The summed E-state index contributed by atoms with van der Waals surface area (Å²) < 4.78 is 19.6. The number of ether oxygens (including phenoxy) is 1. The Balaban J connectivity index is 3.03. The molecule has 4 heteroatoms. The molecule has 2 N–H and O–H groups in total. The Labute approximate surface area is 104 Å². The highest BCUT2D eigenvalue weighted by Crippen LogP contribution is 2.27. The normalized spacial score (nSPS) is 15.2. The van der Waals surface area contributed by atoms with Crippen LogP contribution in [-0.4, -0.2) is 13.2 Å².